The summed E-state index contributed by atoms with van der Waals surface area (Å²) >= 11 is 6.09. The molecule has 2 aliphatic rings. The first-order valence-corrected chi connectivity index (χ1v) is 9.08. The third-order valence-electron chi connectivity index (χ3n) is 5.18. The van der Waals surface area contributed by atoms with E-state index in [2.05, 4.69) is 4.98 Å². The molecule has 2 fully saturated rings. The van der Waals surface area contributed by atoms with Gasteiger partial charge in [0.05, 0.1) is 5.92 Å². The number of nitrogens with zero attached hydrogens (tertiary/aromatic N) is 3. The van der Waals surface area contributed by atoms with Gasteiger partial charge in [0, 0.05) is 44.4 Å². The van der Waals surface area contributed by atoms with Crippen molar-refractivity contribution < 1.29 is 9.59 Å². The molecule has 0 radical (unpaired) electrons. The van der Waals surface area contributed by atoms with Crippen molar-refractivity contribution in [1.82, 2.24) is 14.8 Å². The number of pyridine rings is 1. The summed E-state index contributed by atoms with van der Waals surface area (Å²) in [5.74, 6) is 0.193. The summed E-state index contributed by atoms with van der Waals surface area (Å²) in [6.07, 6.45) is 7.29. The highest BCUT2D eigenvalue weighted by Crippen LogP contribution is 2.29. The SMILES string of the molecule is CN(Cc1cccnc1Cl)C(=O)C1CCC(=O)N(C2CCCC2)C1. The van der Waals surface area contributed by atoms with Gasteiger partial charge in [-0.2, -0.15) is 0 Å². The Morgan fingerprint density at radius 2 is 2.12 bits per heavy atom. The molecule has 1 atom stereocenters. The summed E-state index contributed by atoms with van der Waals surface area (Å²) in [5.41, 5.74) is 0.842. The molecule has 1 aromatic heterocycles. The van der Waals surface area contributed by atoms with Gasteiger partial charge in [0.25, 0.3) is 0 Å². The molecule has 130 valence electrons. The molecule has 1 unspecified atom stereocenters. The van der Waals surface area contributed by atoms with Crippen molar-refractivity contribution in [2.24, 2.45) is 5.92 Å². The molecular weight excluding hydrogens is 326 g/mol. The minimum Gasteiger partial charge on any atom is -0.341 e. The van der Waals surface area contributed by atoms with E-state index in [0.717, 1.165) is 18.4 Å². The predicted octanol–water partition coefficient (Wildman–Crippen LogP) is 2.87. The molecule has 1 aromatic rings. The normalized spacial score (nSPS) is 22.0. The van der Waals surface area contributed by atoms with E-state index < -0.39 is 0 Å². The van der Waals surface area contributed by atoms with Gasteiger partial charge in [0.1, 0.15) is 5.15 Å². The first-order chi connectivity index (χ1) is 11.6. The Morgan fingerprint density at radius 1 is 1.38 bits per heavy atom. The first-order valence-electron chi connectivity index (χ1n) is 8.70. The van der Waals surface area contributed by atoms with Crippen LogP contribution in [-0.2, 0) is 16.1 Å². The molecule has 1 aliphatic heterocycles. The van der Waals surface area contributed by atoms with Crippen molar-refractivity contribution in [2.45, 2.75) is 51.1 Å². The number of halogens is 1. The highest BCUT2D eigenvalue weighted by atomic mass is 35.5. The van der Waals surface area contributed by atoms with Crippen LogP contribution in [0, 0.1) is 5.92 Å². The van der Waals surface area contributed by atoms with Gasteiger partial charge in [0.15, 0.2) is 0 Å². The summed E-state index contributed by atoms with van der Waals surface area (Å²) in [6.45, 7) is 1.01. The Labute approximate surface area is 148 Å². The Balaban J connectivity index is 1.63. The Hall–Kier alpha value is -1.62. The Kier molecular flexibility index (Phi) is 5.39. The van der Waals surface area contributed by atoms with Crippen LogP contribution in [0.2, 0.25) is 5.15 Å². The monoisotopic (exact) mass is 349 g/mol. The van der Waals surface area contributed by atoms with Crippen molar-refractivity contribution in [3.63, 3.8) is 0 Å². The summed E-state index contributed by atoms with van der Waals surface area (Å²) in [6, 6.07) is 4.04. The van der Waals surface area contributed by atoms with Crippen LogP contribution in [0.3, 0.4) is 0 Å². The van der Waals surface area contributed by atoms with Crippen LogP contribution in [0.15, 0.2) is 18.3 Å². The largest absolute Gasteiger partial charge is 0.341 e. The molecule has 2 heterocycles. The number of aromatic nitrogens is 1. The van der Waals surface area contributed by atoms with Crippen LogP contribution in [0.4, 0.5) is 0 Å². The van der Waals surface area contributed by atoms with E-state index in [1.165, 1.54) is 12.8 Å². The molecule has 1 saturated carbocycles. The highest BCUT2D eigenvalue weighted by molar-refractivity contribution is 6.30. The standard InChI is InChI=1S/C18H24ClN3O2/c1-21(11-13-5-4-10-20-17(13)19)18(24)14-8-9-16(23)22(12-14)15-6-2-3-7-15/h4-5,10,14-15H,2-3,6-9,11-12H2,1H3. The van der Waals surface area contributed by atoms with Crippen molar-refractivity contribution in [3.8, 4) is 0 Å². The maximum atomic E-state index is 12.8. The number of carbonyl (C=O) groups excluding carboxylic acids is 2. The van der Waals surface area contributed by atoms with Gasteiger partial charge in [-0.3, -0.25) is 9.59 Å². The van der Waals surface area contributed by atoms with Gasteiger partial charge in [-0.05, 0) is 25.3 Å². The van der Waals surface area contributed by atoms with Gasteiger partial charge in [-0.1, -0.05) is 30.5 Å². The fraction of sp³-hybridized carbons (Fsp3) is 0.611. The molecule has 0 spiro atoms. The maximum Gasteiger partial charge on any atom is 0.227 e. The lowest BCUT2D eigenvalue weighted by molar-refractivity contribution is -0.144. The van der Waals surface area contributed by atoms with Crippen molar-refractivity contribution in [1.29, 1.82) is 0 Å². The molecule has 5 nitrogen and oxygen atoms in total. The van der Waals surface area contributed by atoms with Crippen LogP contribution in [0.25, 0.3) is 0 Å². The topological polar surface area (TPSA) is 53.5 Å². The van der Waals surface area contributed by atoms with Crippen LogP contribution >= 0.6 is 11.6 Å². The van der Waals surface area contributed by atoms with Crippen molar-refractivity contribution in [3.05, 3.63) is 29.0 Å². The third-order valence-corrected chi connectivity index (χ3v) is 5.52. The zero-order chi connectivity index (χ0) is 17.1. The van der Waals surface area contributed by atoms with Crippen LogP contribution < -0.4 is 0 Å². The molecule has 3 rings (SSSR count). The van der Waals surface area contributed by atoms with Crippen molar-refractivity contribution in [2.75, 3.05) is 13.6 Å². The summed E-state index contributed by atoms with van der Waals surface area (Å²) in [5, 5.41) is 0.434. The lowest BCUT2D eigenvalue weighted by Gasteiger charge is -2.37. The Morgan fingerprint density at radius 3 is 2.83 bits per heavy atom. The average molecular weight is 350 g/mol. The molecule has 2 amide bonds. The number of piperidine rings is 1. The summed E-state index contributed by atoms with van der Waals surface area (Å²) in [7, 11) is 1.79. The second-order valence-electron chi connectivity index (χ2n) is 6.87. The van der Waals surface area contributed by atoms with Crippen LogP contribution in [0.1, 0.15) is 44.1 Å². The zero-order valence-corrected chi connectivity index (χ0v) is 14.8. The summed E-state index contributed by atoms with van der Waals surface area (Å²) in [4.78, 5) is 32.8. The summed E-state index contributed by atoms with van der Waals surface area (Å²) < 4.78 is 0. The number of amides is 2. The quantitative estimate of drug-likeness (QED) is 0.785. The van der Waals surface area contributed by atoms with E-state index in [-0.39, 0.29) is 17.7 Å². The van der Waals surface area contributed by atoms with E-state index >= 15 is 0 Å². The number of likely N-dealkylation sites (tertiary alicyclic amines) is 1. The minimum atomic E-state index is -0.108. The van der Waals surface area contributed by atoms with E-state index in [0.29, 0.717) is 37.1 Å². The number of rotatable bonds is 4. The van der Waals surface area contributed by atoms with Crippen molar-refractivity contribution >= 4 is 23.4 Å². The lowest BCUT2D eigenvalue weighted by atomic mass is 9.94. The molecule has 6 heteroatoms. The molecule has 0 bridgehead atoms. The second kappa shape index (κ2) is 7.51. The Bertz CT molecular complexity index is 616. The number of hydrogen-bond acceptors (Lipinski definition) is 3. The van der Waals surface area contributed by atoms with Crippen LogP contribution in [0.5, 0.6) is 0 Å². The number of carbonyl (C=O) groups is 2. The van der Waals surface area contributed by atoms with E-state index in [4.69, 9.17) is 11.6 Å². The molecule has 1 saturated heterocycles. The van der Waals surface area contributed by atoms with Gasteiger partial charge >= 0.3 is 0 Å². The first kappa shape index (κ1) is 17.2. The van der Waals surface area contributed by atoms with Gasteiger partial charge < -0.3 is 9.80 Å². The maximum absolute atomic E-state index is 12.8. The van der Waals surface area contributed by atoms with Crippen LogP contribution in [-0.4, -0.2) is 46.2 Å². The number of hydrogen-bond donors (Lipinski definition) is 0. The fourth-order valence-electron chi connectivity index (χ4n) is 3.82. The smallest absolute Gasteiger partial charge is 0.227 e. The second-order valence-corrected chi connectivity index (χ2v) is 7.23. The minimum absolute atomic E-state index is 0.0883. The zero-order valence-electron chi connectivity index (χ0n) is 14.1. The van der Waals surface area contributed by atoms with Gasteiger partial charge in [0.2, 0.25) is 11.8 Å². The molecule has 1 aliphatic carbocycles. The molecule has 0 N–H and O–H groups in total. The fourth-order valence-corrected chi connectivity index (χ4v) is 4.00. The van der Waals surface area contributed by atoms with E-state index in [1.807, 2.05) is 17.0 Å². The molecule has 0 aromatic carbocycles. The predicted molar refractivity (Wildman–Crippen MR) is 92.4 cm³/mol. The van der Waals surface area contributed by atoms with Gasteiger partial charge in [-0.25, -0.2) is 4.98 Å². The lowest BCUT2D eigenvalue weighted by Crippen LogP contribution is -2.49. The average Bonchev–Trinajstić information content (AvgIpc) is 3.11. The molecule has 24 heavy (non-hydrogen) atoms. The van der Waals surface area contributed by atoms with Gasteiger partial charge in [-0.15, -0.1) is 0 Å². The van der Waals surface area contributed by atoms with E-state index in [9.17, 15) is 9.59 Å². The van der Waals surface area contributed by atoms with E-state index in [1.54, 1.807) is 18.1 Å². The highest BCUT2D eigenvalue weighted by Gasteiger charge is 2.36. The molecular formula is C18H24ClN3O2. The third kappa shape index (κ3) is 3.72.